The second kappa shape index (κ2) is 14.0. The van der Waals surface area contributed by atoms with Crippen LogP contribution in [0, 0.1) is 0 Å². The number of aromatic nitrogens is 5. The van der Waals surface area contributed by atoms with E-state index in [9.17, 15) is 29.1 Å². The lowest BCUT2D eigenvalue weighted by molar-refractivity contribution is -0.115. The zero-order valence-corrected chi connectivity index (χ0v) is 32.1. The van der Waals surface area contributed by atoms with Gasteiger partial charge in [0.2, 0.25) is 0 Å². The zero-order chi connectivity index (χ0) is 38.7. The van der Waals surface area contributed by atoms with Crippen LogP contribution in [-0.4, -0.2) is 54.4 Å². The average molecular weight is 856 g/mol. The van der Waals surface area contributed by atoms with E-state index in [2.05, 4.69) is 4.98 Å². The summed E-state index contributed by atoms with van der Waals surface area (Å²) in [5, 5.41) is 11.5. The third-order valence-electron chi connectivity index (χ3n) is 10.5. The normalized spacial score (nSPS) is 17.7. The van der Waals surface area contributed by atoms with Crippen LogP contribution in [-0.2, 0) is 42.8 Å². The topological polar surface area (TPSA) is 166 Å². The summed E-state index contributed by atoms with van der Waals surface area (Å²) in [6.07, 6.45) is 3.03. The third kappa shape index (κ3) is 6.02. The molecule has 1 N–H and O–H groups in total. The second-order valence-corrected chi connectivity index (χ2v) is 14.6. The van der Waals surface area contributed by atoms with Crippen molar-refractivity contribution in [1.82, 2.24) is 23.5 Å². The lowest BCUT2D eigenvalue weighted by Gasteiger charge is -2.39. The first-order valence-electron chi connectivity index (χ1n) is 17.4. The summed E-state index contributed by atoms with van der Waals surface area (Å²) in [6.45, 7) is 0.126. The van der Waals surface area contributed by atoms with Crippen LogP contribution in [0.4, 0.5) is 0 Å². The van der Waals surface area contributed by atoms with Crippen LogP contribution in [0.2, 0.25) is 0 Å². The van der Waals surface area contributed by atoms with Crippen LogP contribution in [0.1, 0.15) is 35.2 Å². The molecule has 5 aromatic rings. The summed E-state index contributed by atoms with van der Waals surface area (Å²) < 4.78 is 22.1. The molecule has 2 unspecified atom stereocenters. The van der Waals surface area contributed by atoms with E-state index < -0.39 is 28.9 Å². The van der Waals surface area contributed by atoms with Gasteiger partial charge in [-0.15, -0.1) is 0 Å². The number of rotatable bonds is 9. The molecule has 3 aliphatic rings. The number of methoxy groups -OCH3 is 2. The summed E-state index contributed by atoms with van der Waals surface area (Å²) in [7, 11) is 4.59. The molecule has 2 aliphatic carbocycles. The highest BCUT2D eigenvalue weighted by atomic mass is 127. The van der Waals surface area contributed by atoms with E-state index >= 15 is 0 Å². The molecule has 0 saturated carbocycles. The van der Waals surface area contributed by atoms with Crippen LogP contribution in [0.15, 0.2) is 107 Å². The number of carbonyl (C=O) groups is 2. The predicted molar refractivity (Wildman–Crippen MR) is 209 cm³/mol. The third-order valence-corrected chi connectivity index (χ3v) is 11.3. The Balaban J connectivity index is 1.15. The maximum absolute atomic E-state index is 14.2. The van der Waals surface area contributed by atoms with E-state index in [-0.39, 0.29) is 70.3 Å². The predicted octanol–water partition coefficient (Wildman–Crippen LogP) is 4.04. The van der Waals surface area contributed by atoms with Gasteiger partial charge in [-0.3, -0.25) is 14.4 Å². The average Bonchev–Trinajstić information content (AvgIpc) is 3.44. The molecular weight excluding hydrogens is 821 g/mol. The van der Waals surface area contributed by atoms with Gasteiger partial charge in [0, 0.05) is 73.3 Å². The Morgan fingerprint density at radius 1 is 0.945 bits per heavy atom. The molecule has 3 aromatic carbocycles. The van der Waals surface area contributed by atoms with Crippen molar-refractivity contribution in [3.05, 3.63) is 141 Å². The minimum Gasteiger partial charge on any atom is -0.507 e. The van der Waals surface area contributed by atoms with E-state index in [4.69, 9.17) is 14.2 Å². The quantitative estimate of drug-likeness (QED) is 0.130. The smallest absolute Gasteiger partial charge is 0.347 e. The Morgan fingerprint density at radius 3 is 2.42 bits per heavy atom. The van der Waals surface area contributed by atoms with Crippen molar-refractivity contribution in [3.8, 4) is 23.0 Å². The molecule has 0 amide bonds. The number of allylic oxidation sites excluding steroid dienone is 6. The largest absolute Gasteiger partial charge is 0.507 e. The zero-order valence-electron chi connectivity index (χ0n) is 29.9. The van der Waals surface area contributed by atoms with E-state index in [1.54, 1.807) is 37.4 Å². The van der Waals surface area contributed by atoms with Gasteiger partial charge in [-0.25, -0.2) is 28.5 Å². The van der Waals surface area contributed by atoms with Crippen molar-refractivity contribution in [2.45, 2.75) is 44.5 Å². The summed E-state index contributed by atoms with van der Waals surface area (Å²) in [6, 6.07) is 16.9. The Kier molecular flexibility index (Phi) is 9.19. The standard InChI is InChI=1S/C40H34IN5O9/c1-43-30-19-34(54-3)33(53-2)18-28(30)42-27(38(43)50)12-13-44-39(51)45-14-11-23-29(46(45)40(44)52)16-25-32(48)17-26(41)37(49)36(25)35(23)24-10-9-22(15-31(24)47)55-20-21-7-5-4-6-8-21/h4-11,15,17-19,29,35,47H,12-14,16,20H2,1-3H3. The number of ether oxygens (including phenoxy) is 3. The number of fused-ring (bicyclic) bond motifs is 4. The van der Waals surface area contributed by atoms with Crippen molar-refractivity contribution in [2.75, 3.05) is 14.2 Å². The number of phenols is 1. The fourth-order valence-electron chi connectivity index (χ4n) is 7.75. The number of hydrogen-bond donors (Lipinski definition) is 1. The monoisotopic (exact) mass is 855 g/mol. The molecule has 0 bridgehead atoms. The Morgan fingerprint density at radius 2 is 1.69 bits per heavy atom. The van der Waals surface area contributed by atoms with Gasteiger partial charge in [0.1, 0.15) is 23.8 Å². The van der Waals surface area contributed by atoms with E-state index in [0.29, 0.717) is 39.4 Å². The SMILES string of the molecule is COc1cc2nc(CCn3c(=O)n4n(c3=O)C3CC5=C(C(=O)C(I)=CC5=O)C(c5ccc(OCc6ccccc6)cc5O)C3=CC4)c(=O)n(C)c2cc1OC. The number of Topliss-reactive ketones (excluding diaryl/α,β-unsaturated/α-hetero) is 1. The van der Waals surface area contributed by atoms with Gasteiger partial charge >= 0.3 is 11.4 Å². The van der Waals surface area contributed by atoms with E-state index in [1.807, 2.05) is 52.9 Å². The number of nitrogens with zero attached hydrogens (tertiary/aromatic N) is 5. The van der Waals surface area contributed by atoms with Gasteiger partial charge in [-0.05, 0) is 39.8 Å². The first-order chi connectivity index (χ1) is 26.5. The van der Waals surface area contributed by atoms with E-state index in [1.165, 1.54) is 40.3 Å². The molecule has 8 rings (SSSR count). The van der Waals surface area contributed by atoms with Gasteiger partial charge in [-0.2, -0.15) is 0 Å². The summed E-state index contributed by atoms with van der Waals surface area (Å²) in [5.41, 5.74) is 1.87. The van der Waals surface area contributed by atoms with Crippen molar-refractivity contribution in [3.63, 3.8) is 0 Å². The Bertz CT molecular complexity index is 2740. The summed E-state index contributed by atoms with van der Waals surface area (Å²) >= 11 is 1.85. The Hall–Kier alpha value is -5.97. The lowest BCUT2D eigenvalue weighted by Crippen LogP contribution is -2.40. The number of aryl methyl sites for hydroxylation is 2. The maximum Gasteiger partial charge on any atom is 0.347 e. The molecule has 15 heteroatoms. The number of hydrogen-bond acceptors (Lipinski definition) is 10. The molecule has 1 aliphatic heterocycles. The molecule has 280 valence electrons. The molecule has 0 radical (unpaired) electrons. The molecule has 55 heavy (non-hydrogen) atoms. The van der Waals surface area contributed by atoms with Gasteiger partial charge in [-0.1, -0.05) is 42.5 Å². The lowest BCUT2D eigenvalue weighted by atomic mass is 9.68. The van der Waals surface area contributed by atoms with Gasteiger partial charge in [0.25, 0.3) is 5.56 Å². The minimum atomic E-state index is -0.883. The highest BCUT2D eigenvalue weighted by molar-refractivity contribution is 14.1. The molecule has 0 spiro atoms. The number of ketones is 2. The molecule has 3 heterocycles. The molecule has 2 atom stereocenters. The minimum absolute atomic E-state index is 0.00224. The van der Waals surface area contributed by atoms with Crippen molar-refractivity contribution < 1.29 is 28.9 Å². The molecule has 2 aromatic heterocycles. The summed E-state index contributed by atoms with van der Waals surface area (Å²) in [5.74, 6) is -0.473. The first-order valence-corrected chi connectivity index (χ1v) is 18.5. The fourth-order valence-corrected chi connectivity index (χ4v) is 8.32. The molecule has 0 saturated heterocycles. The van der Waals surface area contributed by atoms with Gasteiger partial charge in [0.05, 0.1) is 41.4 Å². The van der Waals surface area contributed by atoms with Gasteiger partial charge < -0.3 is 23.9 Å². The van der Waals surface area contributed by atoms with Crippen LogP contribution in [0.25, 0.3) is 11.0 Å². The van der Waals surface area contributed by atoms with Crippen LogP contribution in [0.5, 0.6) is 23.0 Å². The van der Waals surface area contributed by atoms with Crippen LogP contribution >= 0.6 is 22.6 Å². The second-order valence-electron chi connectivity index (χ2n) is 13.4. The van der Waals surface area contributed by atoms with E-state index in [0.717, 1.165) is 10.1 Å². The van der Waals surface area contributed by atoms with Gasteiger partial charge in [0.15, 0.2) is 23.1 Å². The number of benzene rings is 3. The summed E-state index contributed by atoms with van der Waals surface area (Å²) in [4.78, 5) is 73.4. The molecular formula is C40H34IN5O9. The van der Waals surface area contributed by atoms with Crippen LogP contribution < -0.4 is 31.1 Å². The number of carbonyl (C=O) groups excluding carboxylic acids is 2. The van der Waals surface area contributed by atoms with Crippen LogP contribution in [0.3, 0.4) is 0 Å². The highest BCUT2D eigenvalue weighted by Gasteiger charge is 2.45. The maximum atomic E-state index is 14.2. The Labute approximate surface area is 326 Å². The van der Waals surface area contributed by atoms with Crippen molar-refractivity contribution in [2.24, 2.45) is 7.05 Å². The highest BCUT2D eigenvalue weighted by Crippen LogP contribution is 2.52. The van der Waals surface area contributed by atoms with Crippen molar-refractivity contribution >= 4 is 45.2 Å². The molecule has 14 nitrogen and oxygen atoms in total. The number of halogens is 1. The first kappa shape index (κ1) is 36.0. The van der Waals surface area contributed by atoms with Crippen molar-refractivity contribution in [1.29, 1.82) is 0 Å². The fraction of sp³-hybridized carbons (Fsp3) is 0.250. The molecule has 0 fully saturated rings. The number of aromatic hydroxyl groups is 1. The number of phenolic OH excluding ortho intramolecular Hbond substituents is 1.